The molecule has 0 aliphatic carbocycles. The first-order valence-corrected chi connectivity index (χ1v) is 10.8. The van der Waals surface area contributed by atoms with Crippen molar-refractivity contribution in [1.29, 1.82) is 0 Å². The molecule has 1 aromatic carbocycles. The third kappa shape index (κ3) is 8.20. The van der Waals surface area contributed by atoms with Gasteiger partial charge < -0.3 is 25.7 Å². The van der Waals surface area contributed by atoms with Crippen LogP contribution in [0.2, 0.25) is 0 Å². The molecular formula is C22H23F6N3O6. The Morgan fingerprint density at radius 2 is 1.57 bits per heavy atom. The monoisotopic (exact) mass is 539 g/mol. The van der Waals surface area contributed by atoms with Crippen molar-refractivity contribution in [3.63, 3.8) is 0 Å². The van der Waals surface area contributed by atoms with Crippen LogP contribution < -0.4 is 5.73 Å². The summed E-state index contributed by atoms with van der Waals surface area (Å²) in [6.07, 6.45) is -3.84. The second kappa shape index (κ2) is 12.1. The number of benzene rings is 1. The summed E-state index contributed by atoms with van der Waals surface area (Å²) in [5, 5.41) is 15.6. The summed E-state index contributed by atoms with van der Waals surface area (Å²) < 4.78 is 77.9. The predicted molar refractivity (Wildman–Crippen MR) is 113 cm³/mol. The molecular weight excluding hydrogens is 516 g/mol. The average Bonchev–Trinajstić information content (AvgIpc) is 3.36. The van der Waals surface area contributed by atoms with E-state index in [4.69, 9.17) is 15.9 Å². The lowest BCUT2D eigenvalue weighted by Gasteiger charge is -2.26. The van der Waals surface area contributed by atoms with Gasteiger partial charge in [-0.1, -0.05) is 0 Å². The van der Waals surface area contributed by atoms with Crippen LogP contribution in [0.15, 0.2) is 24.3 Å². The minimum atomic E-state index is -4.97. The van der Waals surface area contributed by atoms with Crippen LogP contribution in [0.25, 0.3) is 0 Å². The summed E-state index contributed by atoms with van der Waals surface area (Å²) in [4.78, 5) is 45.2. The van der Waals surface area contributed by atoms with Crippen LogP contribution >= 0.6 is 0 Å². The molecule has 0 bridgehead atoms. The number of aliphatic carboxylic acids is 2. The van der Waals surface area contributed by atoms with Crippen molar-refractivity contribution in [2.24, 2.45) is 11.7 Å². The Balaban J connectivity index is 0.000000521. The summed E-state index contributed by atoms with van der Waals surface area (Å²) in [5.41, 5.74) is 5.68. The van der Waals surface area contributed by atoms with E-state index in [2.05, 4.69) is 0 Å². The molecule has 2 fully saturated rings. The van der Waals surface area contributed by atoms with Gasteiger partial charge in [0.25, 0.3) is 0 Å². The van der Waals surface area contributed by atoms with E-state index < -0.39 is 59.5 Å². The number of halogens is 6. The number of nitrogens with zero attached hydrogens (tertiary/aromatic N) is 2. The summed E-state index contributed by atoms with van der Waals surface area (Å²) in [7, 11) is 0. The smallest absolute Gasteiger partial charge is 0.471 e. The topological polar surface area (TPSA) is 141 Å². The number of carbonyl (C=O) groups excluding carboxylic acids is 2. The zero-order chi connectivity index (χ0) is 28.1. The highest BCUT2D eigenvalue weighted by Gasteiger charge is 2.50. The molecule has 3 rings (SSSR count). The van der Waals surface area contributed by atoms with E-state index in [1.165, 1.54) is 4.90 Å². The first kappa shape index (κ1) is 29.6. The Kier molecular flexibility index (Phi) is 9.67. The fraction of sp³-hybridized carbons (Fsp3) is 0.455. The molecule has 0 radical (unpaired) electrons. The van der Waals surface area contributed by atoms with Gasteiger partial charge in [0.1, 0.15) is 5.82 Å². The quantitative estimate of drug-likeness (QED) is 0.284. The Bertz CT molecular complexity index is 1060. The zero-order valence-electron chi connectivity index (χ0n) is 19.1. The minimum absolute atomic E-state index is 0.0705. The predicted octanol–water partition coefficient (Wildman–Crippen LogP) is 1.70. The van der Waals surface area contributed by atoms with Crippen LogP contribution in [0, 0.1) is 23.4 Å². The van der Waals surface area contributed by atoms with Crippen molar-refractivity contribution in [2.75, 3.05) is 19.6 Å². The van der Waals surface area contributed by atoms with Crippen LogP contribution in [0.4, 0.5) is 26.3 Å². The molecule has 4 N–H and O–H groups in total. The summed E-state index contributed by atoms with van der Waals surface area (Å²) in [6.45, 7) is 0.0508. The maximum Gasteiger partial charge on any atom is 0.471 e. The number of hydrogen-bond acceptors (Lipinski definition) is 5. The molecule has 2 saturated heterocycles. The van der Waals surface area contributed by atoms with E-state index in [0.717, 1.165) is 0 Å². The van der Waals surface area contributed by atoms with Crippen molar-refractivity contribution >= 4 is 23.8 Å². The molecule has 0 unspecified atom stereocenters. The molecule has 0 spiro atoms. The fourth-order valence-corrected chi connectivity index (χ4v) is 4.18. The zero-order valence-corrected chi connectivity index (χ0v) is 19.1. The fourth-order valence-electron chi connectivity index (χ4n) is 4.18. The van der Waals surface area contributed by atoms with Gasteiger partial charge in [-0.2, -0.15) is 13.2 Å². The van der Waals surface area contributed by atoms with Crippen LogP contribution in [0.1, 0.15) is 18.4 Å². The largest absolute Gasteiger partial charge is 0.478 e. The highest BCUT2D eigenvalue weighted by Crippen LogP contribution is 2.34. The van der Waals surface area contributed by atoms with Crippen molar-refractivity contribution in [3.8, 4) is 0 Å². The first-order valence-electron chi connectivity index (χ1n) is 10.8. The molecule has 0 aromatic heterocycles. The van der Waals surface area contributed by atoms with Crippen LogP contribution in [-0.2, 0) is 25.6 Å². The molecule has 3 atom stereocenters. The van der Waals surface area contributed by atoms with Gasteiger partial charge in [-0.15, -0.1) is 0 Å². The molecule has 2 heterocycles. The molecule has 37 heavy (non-hydrogen) atoms. The van der Waals surface area contributed by atoms with Crippen LogP contribution in [0.3, 0.4) is 0 Å². The van der Waals surface area contributed by atoms with Gasteiger partial charge in [0.05, 0.1) is 6.04 Å². The molecule has 0 saturated carbocycles. The number of carboxylic acid groups (broad SMARTS) is 2. The normalized spacial score (nSPS) is 19.9. The lowest BCUT2D eigenvalue weighted by atomic mass is 10.0. The molecule has 15 heteroatoms. The van der Waals surface area contributed by atoms with Gasteiger partial charge in [-0.3, -0.25) is 9.59 Å². The van der Waals surface area contributed by atoms with E-state index >= 15 is 0 Å². The Morgan fingerprint density at radius 1 is 1.00 bits per heavy atom. The molecule has 2 amide bonds. The lowest BCUT2D eigenvalue weighted by Crippen LogP contribution is -2.45. The summed E-state index contributed by atoms with van der Waals surface area (Å²) >= 11 is 0. The maximum absolute atomic E-state index is 13.7. The van der Waals surface area contributed by atoms with Crippen LogP contribution in [0.5, 0.6) is 0 Å². The van der Waals surface area contributed by atoms with Crippen molar-refractivity contribution in [1.82, 2.24) is 9.80 Å². The van der Waals surface area contributed by atoms with Crippen molar-refractivity contribution < 1.29 is 55.7 Å². The lowest BCUT2D eigenvalue weighted by molar-refractivity contribution is -0.184. The van der Waals surface area contributed by atoms with Crippen LogP contribution in [-0.4, -0.2) is 81.7 Å². The average molecular weight is 539 g/mol. The van der Waals surface area contributed by atoms with Gasteiger partial charge in [0.15, 0.2) is 11.6 Å². The minimum Gasteiger partial charge on any atom is -0.478 e. The third-order valence-corrected chi connectivity index (χ3v) is 5.77. The van der Waals surface area contributed by atoms with Gasteiger partial charge in [0.2, 0.25) is 5.91 Å². The Labute approximate surface area is 206 Å². The molecule has 2 aliphatic rings. The SMILES string of the molecule is N[C@@H](CC(=O)N1CC[C@H]2CN(C(=O)C(F)(F)F)C[C@H]21)Cc1cc(F)c(F)cc1F.O=C(O)/C=C/C(=O)O. The number of alkyl halides is 3. The van der Waals surface area contributed by atoms with E-state index in [0.29, 0.717) is 42.2 Å². The number of nitrogens with two attached hydrogens (primary N) is 1. The molecule has 9 nitrogen and oxygen atoms in total. The van der Waals surface area contributed by atoms with E-state index in [-0.39, 0.29) is 37.4 Å². The number of rotatable bonds is 6. The Hall–Kier alpha value is -3.62. The Morgan fingerprint density at radius 3 is 2.11 bits per heavy atom. The highest BCUT2D eigenvalue weighted by atomic mass is 19.4. The molecule has 1 aromatic rings. The number of likely N-dealkylation sites (tertiary alicyclic amines) is 2. The third-order valence-electron chi connectivity index (χ3n) is 5.77. The molecule has 204 valence electrons. The van der Waals surface area contributed by atoms with Gasteiger partial charge in [-0.05, 0) is 24.5 Å². The summed E-state index contributed by atoms with van der Waals surface area (Å²) in [6, 6.07) is -0.343. The van der Waals surface area contributed by atoms with Crippen molar-refractivity contribution in [2.45, 2.75) is 37.5 Å². The maximum atomic E-state index is 13.7. The van der Waals surface area contributed by atoms with Gasteiger partial charge >= 0.3 is 24.0 Å². The van der Waals surface area contributed by atoms with E-state index in [1.54, 1.807) is 0 Å². The van der Waals surface area contributed by atoms with E-state index in [9.17, 15) is 45.5 Å². The second-order valence-electron chi connectivity index (χ2n) is 8.45. The first-order chi connectivity index (χ1) is 17.1. The number of amides is 2. The standard InChI is InChI=1S/C18H19F6N3O2.C4H4O4/c19-12-6-14(21)13(20)4-10(12)3-11(25)5-16(28)27-2-1-9-7-26(8-15(9)27)17(29)18(22,23)24;5-3(6)1-2-4(7)8/h4,6,9,11,15H,1-3,5,7-8,25H2;1-2H,(H,5,6)(H,7,8)/b;2-1+/t9-,11+,15+;/m0./s1. The number of carboxylic acids is 2. The van der Waals surface area contributed by atoms with Crippen molar-refractivity contribution in [3.05, 3.63) is 47.3 Å². The van der Waals surface area contributed by atoms with Gasteiger partial charge in [0, 0.05) is 56.2 Å². The highest BCUT2D eigenvalue weighted by molar-refractivity contribution is 5.89. The summed E-state index contributed by atoms with van der Waals surface area (Å²) in [5.74, 6) is -8.67. The number of hydrogen-bond donors (Lipinski definition) is 3. The van der Waals surface area contributed by atoms with E-state index in [1.807, 2.05) is 0 Å². The van der Waals surface area contributed by atoms with Gasteiger partial charge in [-0.25, -0.2) is 22.8 Å². The molecule has 2 aliphatic heterocycles. The number of fused-ring (bicyclic) bond motifs is 1. The number of carbonyl (C=O) groups is 4. The second-order valence-corrected chi connectivity index (χ2v) is 8.45.